The molecule has 2 fully saturated rings. The lowest BCUT2D eigenvalue weighted by Gasteiger charge is -2.31. The lowest BCUT2D eigenvalue weighted by molar-refractivity contribution is -0.119. The second-order valence-electron chi connectivity index (χ2n) is 5.18. The lowest BCUT2D eigenvalue weighted by atomic mass is 9.78. The molecule has 0 aromatic carbocycles. The van der Waals surface area contributed by atoms with E-state index in [4.69, 9.17) is 4.74 Å². The predicted octanol–water partition coefficient (Wildman–Crippen LogP) is 2.95. The number of carbonyl (C=O) groups excluding carboxylic acids is 1. The van der Waals surface area contributed by atoms with Crippen molar-refractivity contribution in [2.75, 3.05) is 0 Å². The SMILES string of the molecule is CC(C1CCCCC1)C1CCC(C=O)O1. The van der Waals surface area contributed by atoms with Crippen molar-refractivity contribution < 1.29 is 9.53 Å². The van der Waals surface area contributed by atoms with Gasteiger partial charge < -0.3 is 9.53 Å². The van der Waals surface area contributed by atoms with Crippen LogP contribution in [0.4, 0.5) is 0 Å². The van der Waals surface area contributed by atoms with Gasteiger partial charge in [-0.25, -0.2) is 0 Å². The van der Waals surface area contributed by atoms with Crippen molar-refractivity contribution >= 4 is 6.29 Å². The molecule has 1 saturated carbocycles. The minimum atomic E-state index is -0.110. The molecule has 0 N–H and O–H groups in total. The fraction of sp³-hybridized carbons (Fsp3) is 0.923. The second-order valence-corrected chi connectivity index (χ2v) is 5.18. The Morgan fingerprint density at radius 2 is 1.87 bits per heavy atom. The van der Waals surface area contributed by atoms with Crippen LogP contribution in [0.3, 0.4) is 0 Å². The highest BCUT2D eigenvalue weighted by Crippen LogP contribution is 2.36. The minimum Gasteiger partial charge on any atom is -0.367 e. The Hall–Kier alpha value is -0.370. The summed E-state index contributed by atoms with van der Waals surface area (Å²) in [5.74, 6) is 1.49. The van der Waals surface area contributed by atoms with E-state index in [-0.39, 0.29) is 6.10 Å². The Balaban J connectivity index is 1.84. The van der Waals surface area contributed by atoms with Crippen LogP contribution in [-0.4, -0.2) is 18.5 Å². The van der Waals surface area contributed by atoms with Gasteiger partial charge in [0.1, 0.15) is 12.4 Å². The van der Waals surface area contributed by atoms with Gasteiger partial charge in [0, 0.05) is 0 Å². The van der Waals surface area contributed by atoms with Gasteiger partial charge in [-0.05, 0) is 24.7 Å². The summed E-state index contributed by atoms with van der Waals surface area (Å²) in [5, 5.41) is 0. The van der Waals surface area contributed by atoms with Gasteiger partial charge in [-0.2, -0.15) is 0 Å². The van der Waals surface area contributed by atoms with Crippen LogP contribution in [0.5, 0.6) is 0 Å². The Morgan fingerprint density at radius 1 is 1.13 bits per heavy atom. The van der Waals surface area contributed by atoms with Crippen molar-refractivity contribution in [2.45, 2.75) is 64.1 Å². The summed E-state index contributed by atoms with van der Waals surface area (Å²) in [7, 11) is 0. The molecule has 1 aliphatic carbocycles. The van der Waals surface area contributed by atoms with Gasteiger partial charge in [-0.3, -0.25) is 0 Å². The molecule has 86 valence electrons. The molecule has 0 amide bonds. The van der Waals surface area contributed by atoms with E-state index < -0.39 is 0 Å². The van der Waals surface area contributed by atoms with Gasteiger partial charge in [0.25, 0.3) is 0 Å². The fourth-order valence-corrected chi connectivity index (χ4v) is 3.14. The summed E-state index contributed by atoms with van der Waals surface area (Å²) < 4.78 is 5.76. The first-order valence-corrected chi connectivity index (χ1v) is 6.42. The van der Waals surface area contributed by atoms with E-state index in [1.54, 1.807) is 0 Å². The molecule has 15 heavy (non-hydrogen) atoms. The number of hydrogen-bond donors (Lipinski definition) is 0. The summed E-state index contributed by atoms with van der Waals surface area (Å²) in [6.07, 6.45) is 10.1. The summed E-state index contributed by atoms with van der Waals surface area (Å²) in [5.41, 5.74) is 0. The highest BCUT2D eigenvalue weighted by atomic mass is 16.5. The van der Waals surface area contributed by atoms with Gasteiger partial charge in [-0.1, -0.05) is 39.0 Å². The van der Waals surface area contributed by atoms with Crippen molar-refractivity contribution in [2.24, 2.45) is 11.8 Å². The van der Waals surface area contributed by atoms with Crippen molar-refractivity contribution in [1.82, 2.24) is 0 Å². The third-order valence-corrected chi connectivity index (χ3v) is 4.22. The fourth-order valence-electron chi connectivity index (χ4n) is 3.14. The molecule has 3 unspecified atom stereocenters. The Bertz CT molecular complexity index is 209. The number of ether oxygens (including phenoxy) is 1. The third kappa shape index (κ3) is 2.60. The molecular weight excluding hydrogens is 188 g/mol. The normalized spacial score (nSPS) is 35.3. The zero-order chi connectivity index (χ0) is 10.7. The number of hydrogen-bond acceptors (Lipinski definition) is 2. The molecule has 0 spiro atoms. The van der Waals surface area contributed by atoms with Crippen LogP contribution in [0.25, 0.3) is 0 Å². The first-order valence-electron chi connectivity index (χ1n) is 6.42. The van der Waals surface area contributed by atoms with Crippen molar-refractivity contribution in [3.63, 3.8) is 0 Å². The summed E-state index contributed by atoms with van der Waals surface area (Å²) >= 11 is 0. The quantitative estimate of drug-likeness (QED) is 0.669. The van der Waals surface area contributed by atoms with Crippen molar-refractivity contribution in [1.29, 1.82) is 0 Å². The number of aldehydes is 1. The molecule has 2 rings (SSSR count). The average Bonchev–Trinajstić information content (AvgIpc) is 2.78. The van der Waals surface area contributed by atoms with Gasteiger partial charge in [-0.15, -0.1) is 0 Å². The Kier molecular flexibility index (Phi) is 3.79. The monoisotopic (exact) mass is 210 g/mol. The van der Waals surface area contributed by atoms with Gasteiger partial charge in [0.2, 0.25) is 0 Å². The molecule has 1 heterocycles. The van der Waals surface area contributed by atoms with E-state index in [0.717, 1.165) is 25.0 Å². The van der Waals surface area contributed by atoms with Crippen molar-refractivity contribution in [3.05, 3.63) is 0 Å². The zero-order valence-corrected chi connectivity index (χ0v) is 9.65. The Labute approximate surface area is 92.4 Å². The molecule has 2 nitrogen and oxygen atoms in total. The molecule has 0 aromatic heterocycles. The Morgan fingerprint density at radius 3 is 2.47 bits per heavy atom. The smallest absolute Gasteiger partial charge is 0.148 e. The molecule has 1 aliphatic heterocycles. The number of carbonyl (C=O) groups is 1. The first kappa shape index (κ1) is 11.1. The molecule has 0 radical (unpaired) electrons. The predicted molar refractivity (Wildman–Crippen MR) is 59.7 cm³/mol. The van der Waals surface area contributed by atoms with Crippen LogP contribution >= 0.6 is 0 Å². The van der Waals surface area contributed by atoms with Crippen LogP contribution < -0.4 is 0 Å². The standard InChI is InChI=1S/C13H22O2/c1-10(11-5-3-2-4-6-11)13-8-7-12(9-14)15-13/h9-13H,2-8H2,1H3. The maximum Gasteiger partial charge on any atom is 0.148 e. The highest BCUT2D eigenvalue weighted by Gasteiger charge is 2.33. The largest absolute Gasteiger partial charge is 0.367 e. The van der Waals surface area contributed by atoms with Gasteiger partial charge >= 0.3 is 0 Å². The maximum absolute atomic E-state index is 10.6. The van der Waals surface area contributed by atoms with Crippen LogP contribution in [0.2, 0.25) is 0 Å². The maximum atomic E-state index is 10.6. The van der Waals surface area contributed by atoms with Crippen LogP contribution in [0, 0.1) is 11.8 Å². The third-order valence-electron chi connectivity index (χ3n) is 4.22. The molecule has 1 saturated heterocycles. The minimum absolute atomic E-state index is 0.110. The molecule has 2 aliphatic rings. The lowest BCUT2D eigenvalue weighted by Crippen LogP contribution is -2.27. The first-order chi connectivity index (χ1) is 7.31. The number of rotatable bonds is 3. The van der Waals surface area contributed by atoms with Crippen molar-refractivity contribution in [3.8, 4) is 0 Å². The topological polar surface area (TPSA) is 26.3 Å². The van der Waals surface area contributed by atoms with Crippen LogP contribution in [0.15, 0.2) is 0 Å². The van der Waals surface area contributed by atoms with E-state index in [2.05, 4.69) is 6.92 Å². The summed E-state index contributed by atoms with van der Waals surface area (Å²) in [4.78, 5) is 10.6. The molecular formula is C13H22O2. The molecule has 0 aromatic rings. The summed E-state index contributed by atoms with van der Waals surface area (Å²) in [6, 6.07) is 0. The van der Waals surface area contributed by atoms with E-state index in [1.807, 2.05) is 0 Å². The zero-order valence-electron chi connectivity index (χ0n) is 9.65. The van der Waals surface area contributed by atoms with Crippen LogP contribution in [0.1, 0.15) is 51.9 Å². The molecule has 2 heteroatoms. The summed E-state index contributed by atoms with van der Waals surface area (Å²) in [6.45, 7) is 2.31. The average molecular weight is 210 g/mol. The second kappa shape index (κ2) is 5.11. The van der Waals surface area contributed by atoms with E-state index >= 15 is 0 Å². The van der Waals surface area contributed by atoms with E-state index in [9.17, 15) is 4.79 Å². The van der Waals surface area contributed by atoms with Gasteiger partial charge in [0.15, 0.2) is 0 Å². The molecule has 3 atom stereocenters. The van der Waals surface area contributed by atoms with Crippen LogP contribution in [-0.2, 0) is 9.53 Å². The van der Waals surface area contributed by atoms with E-state index in [0.29, 0.717) is 12.0 Å². The van der Waals surface area contributed by atoms with Gasteiger partial charge in [0.05, 0.1) is 6.10 Å². The molecule has 0 bridgehead atoms. The highest BCUT2D eigenvalue weighted by molar-refractivity contribution is 5.56. The van der Waals surface area contributed by atoms with E-state index in [1.165, 1.54) is 32.1 Å².